The van der Waals surface area contributed by atoms with Crippen LogP contribution in [0.3, 0.4) is 0 Å². The van der Waals surface area contributed by atoms with E-state index in [-0.39, 0.29) is 11.3 Å². The summed E-state index contributed by atoms with van der Waals surface area (Å²) in [6.45, 7) is 1.20. The number of nitrogens with one attached hydrogen (secondary N) is 1. The zero-order chi connectivity index (χ0) is 14.3. The number of allylic oxidation sites excluding steroid dienone is 2. The number of unbranched alkanes of at least 4 members (excludes halogenated alkanes) is 3. The number of aliphatic carboxylic acids is 1. The number of carbonyl (C=O) groups excluding carboxylic acids is 2. The molecule has 6 heteroatoms. The summed E-state index contributed by atoms with van der Waals surface area (Å²) in [7, 11) is 0. The lowest BCUT2D eigenvalue weighted by Gasteiger charge is -2.12. The van der Waals surface area contributed by atoms with E-state index in [4.69, 9.17) is 10.8 Å². The Balaban J connectivity index is 2.47. The molecule has 0 atom stereocenters. The van der Waals surface area contributed by atoms with Crippen molar-refractivity contribution in [3.05, 3.63) is 23.4 Å². The molecule has 0 aliphatic heterocycles. The molecule has 0 radical (unpaired) electrons. The highest BCUT2D eigenvalue weighted by molar-refractivity contribution is 6.49. The van der Waals surface area contributed by atoms with Crippen molar-refractivity contribution < 1.29 is 19.5 Å². The molecule has 104 valence electrons. The van der Waals surface area contributed by atoms with Gasteiger partial charge in [-0.2, -0.15) is 0 Å². The second-order valence-corrected chi connectivity index (χ2v) is 4.29. The summed E-state index contributed by atoms with van der Waals surface area (Å²) in [6, 6.07) is 0. The summed E-state index contributed by atoms with van der Waals surface area (Å²) in [5.74, 6) is -2.71. The lowest BCUT2D eigenvalue weighted by atomic mass is 10.0. The Morgan fingerprint density at radius 3 is 2.47 bits per heavy atom. The minimum absolute atomic E-state index is 0.0590. The summed E-state index contributed by atoms with van der Waals surface area (Å²) in [5, 5.41) is 11.6. The second-order valence-electron chi connectivity index (χ2n) is 4.29. The van der Waals surface area contributed by atoms with Crippen LogP contribution in [0.5, 0.6) is 0 Å². The molecule has 0 spiro atoms. The van der Waals surface area contributed by atoms with Gasteiger partial charge in [0.25, 0.3) is 0 Å². The van der Waals surface area contributed by atoms with Crippen LogP contribution < -0.4 is 11.1 Å². The zero-order valence-electron chi connectivity index (χ0n) is 10.6. The molecule has 1 rings (SSSR count). The Bertz CT molecular complexity index is 438. The maximum absolute atomic E-state index is 11.5. The van der Waals surface area contributed by atoms with E-state index in [1.165, 1.54) is 6.08 Å². The fourth-order valence-corrected chi connectivity index (χ4v) is 1.70. The predicted molar refractivity (Wildman–Crippen MR) is 69.3 cm³/mol. The first-order chi connectivity index (χ1) is 9.06. The van der Waals surface area contributed by atoms with Crippen LogP contribution in [0.1, 0.15) is 25.7 Å². The van der Waals surface area contributed by atoms with Gasteiger partial charge in [-0.3, -0.25) is 9.59 Å². The lowest BCUT2D eigenvalue weighted by Crippen LogP contribution is -2.29. The molecule has 0 heterocycles. The van der Waals surface area contributed by atoms with Crippen LogP contribution in [-0.2, 0) is 14.4 Å². The first-order valence-corrected chi connectivity index (χ1v) is 6.25. The highest BCUT2D eigenvalue weighted by atomic mass is 16.4. The maximum atomic E-state index is 11.5. The number of carboxylic acids is 1. The number of hydrogen-bond acceptors (Lipinski definition) is 5. The lowest BCUT2D eigenvalue weighted by molar-refractivity contribution is -0.133. The quantitative estimate of drug-likeness (QED) is 0.327. The monoisotopic (exact) mass is 266 g/mol. The average molecular weight is 266 g/mol. The molecular formula is C13H18N2O4. The van der Waals surface area contributed by atoms with Gasteiger partial charge in [-0.15, -0.1) is 0 Å². The van der Waals surface area contributed by atoms with E-state index in [0.29, 0.717) is 13.1 Å². The van der Waals surface area contributed by atoms with Gasteiger partial charge < -0.3 is 16.2 Å². The largest absolute Gasteiger partial charge is 0.478 e. The summed E-state index contributed by atoms with van der Waals surface area (Å²) in [4.78, 5) is 33.6. The molecule has 0 aromatic rings. The summed E-state index contributed by atoms with van der Waals surface area (Å²) >= 11 is 0. The summed E-state index contributed by atoms with van der Waals surface area (Å²) in [6.07, 6.45) is 5.84. The fraction of sp³-hybridized carbons (Fsp3) is 0.462. The van der Waals surface area contributed by atoms with Crippen molar-refractivity contribution in [2.45, 2.75) is 25.7 Å². The topological polar surface area (TPSA) is 109 Å². The van der Waals surface area contributed by atoms with E-state index in [1.807, 2.05) is 0 Å². The van der Waals surface area contributed by atoms with Crippen LogP contribution in [0.4, 0.5) is 0 Å². The molecule has 0 amide bonds. The minimum atomic E-state index is -1.22. The maximum Gasteiger partial charge on any atom is 0.335 e. The van der Waals surface area contributed by atoms with Crippen LogP contribution in [-0.4, -0.2) is 35.7 Å². The number of Topliss-reactive ketones (excluding diaryl/α,β-unsaturated/α-hetero) is 1. The van der Waals surface area contributed by atoms with Crippen molar-refractivity contribution in [2.24, 2.45) is 5.73 Å². The van der Waals surface area contributed by atoms with Gasteiger partial charge in [0, 0.05) is 12.6 Å². The molecule has 6 nitrogen and oxygen atoms in total. The smallest absolute Gasteiger partial charge is 0.335 e. The van der Waals surface area contributed by atoms with Crippen molar-refractivity contribution in [3.63, 3.8) is 0 Å². The fourth-order valence-electron chi connectivity index (χ4n) is 1.70. The standard InChI is InChI=1S/C13H18N2O4/c14-5-3-1-2-4-6-15-10-7-9(13(18)19)8-11(16)12(10)17/h7-8,15H,1-6,14H2,(H,18,19). The molecular weight excluding hydrogens is 248 g/mol. The van der Waals surface area contributed by atoms with Crippen LogP contribution in [0.25, 0.3) is 0 Å². The minimum Gasteiger partial charge on any atom is -0.478 e. The van der Waals surface area contributed by atoms with Gasteiger partial charge in [-0.25, -0.2) is 4.79 Å². The number of hydrogen-bond donors (Lipinski definition) is 3. The second kappa shape index (κ2) is 7.48. The van der Waals surface area contributed by atoms with Crippen molar-refractivity contribution >= 4 is 17.5 Å². The molecule has 4 N–H and O–H groups in total. The van der Waals surface area contributed by atoms with E-state index in [2.05, 4.69) is 5.32 Å². The van der Waals surface area contributed by atoms with Crippen LogP contribution in [0.15, 0.2) is 23.4 Å². The van der Waals surface area contributed by atoms with Crippen LogP contribution in [0.2, 0.25) is 0 Å². The van der Waals surface area contributed by atoms with Gasteiger partial charge in [0.1, 0.15) is 0 Å². The Morgan fingerprint density at radius 2 is 1.84 bits per heavy atom. The molecule has 0 saturated carbocycles. The Morgan fingerprint density at radius 1 is 1.16 bits per heavy atom. The van der Waals surface area contributed by atoms with Gasteiger partial charge in [0.05, 0.1) is 11.3 Å². The van der Waals surface area contributed by atoms with Crippen molar-refractivity contribution in [1.82, 2.24) is 5.32 Å². The molecule has 0 bridgehead atoms. The van der Waals surface area contributed by atoms with Crippen LogP contribution in [0, 0.1) is 0 Å². The van der Waals surface area contributed by atoms with E-state index in [1.54, 1.807) is 0 Å². The van der Waals surface area contributed by atoms with Crippen molar-refractivity contribution in [2.75, 3.05) is 13.1 Å². The number of ketones is 2. The molecule has 1 aliphatic rings. The molecule has 1 aliphatic carbocycles. The highest BCUT2D eigenvalue weighted by Crippen LogP contribution is 2.10. The summed E-state index contributed by atoms with van der Waals surface area (Å²) < 4.78 is 0. The van der Waals surface area contributed by atoms with Crippen LogP contribution >= 0.6 is 0 Å². The van der Waals surface area contributed by atoms with Gasteiger partial charge in [0.15, 0.2) is 0 Å². The first-order valence-electron chi connectivity index (χ1n) is 6.25. The Hall–Kier alpha value is -1.95. The zero-order valence-corrected chi connectivity index (χ0v) is 10.6. The SMILES string of the molecule is NCCCCCCNC1=CC(C(=O)O)=CC(=O)C1=O. The normalized spacial score (nSPS) is 15.0. The molecule has 0 aromatic carbocycles. The number of carbonyl (C=O) groups is 3. The van der Waals surface area contributed by atoms with Gasteiger partial charge in [-0.1, -0.05) is 12.8 Å². The Labute approximate surface area is 111 Å². The van der Waals surface area contributed by atoms with Crippen molar-refractivity contribution in [1.29, 1.82) is 0 Å². The van der Waals surface area contributed by atoms with E-state index < -0.39 is 17.5 Å². The third-order valence-corrected chi connectivity index (χ3v) is 2.75. The number of nitrogens with two attached hydrogens (primary N) is 1. The Kier molecular flexibility index (Phi) is 5.95. The molecule has 0 fully saturated rings. The number of rotatable bonds is 8. The summed E-state index contributed by atoms with van der Waals surface area (Å²) in [5.41, 5.74) is 5.26. The molecule has 0 saturated heterocycles. The first kappa shape index (κ1) is 15.1. The predicted octanol–water partition coefficient (Wildman–Crippen LogP) is 0.142. The van der Waals surface area contributed by atoms with E-state index >= 15 is 0 Å². The van der Waals surface area contributed by atoms with Gasteiger partial charge in [0.2, 0.25) is 11.6 Å². The van der Waals surface area contributed by atoms with E-state index in [0.717, 1.165) is 31.8 Å². The third-order valence-electron chi connectivity index (χ3n) is 2.75. The molecule has 0 unspecified atom stereocenters. The highest BCUT2D eigenvalue weighted by Gasteiger charge is 2.24. The van der Waals surface area contributed by atoms with Gasteiger partial charge >= 0.3 is 5.97 Å². The average Bonchev–Trinajstić information content (AvgIpc) is 2.37. The van der Waals surface area contributed by atoms with E-state index in [9.17, 15) is 14.4 Å². The third kappa shape index (κ3) is 4.67. The molecule has 19 heavy (non-hydrogen) atoms. The number of carboxylic acid groups (broad SMARTS) is 1. The van der Waals surface area contributed by atoms with Gasteiger partial charge in [-0.05, 0) is 25.5 Å². The van der Waals surface area contributed by atoms with Crippen molar-refractivity contribution in [3.8, 4) is 0 Å². The molecule has 0 aromatic heterocycles.